The summed E-state index contributed by atoms with van der Waals surface area (Å²) in [6.45, 7) is 3.56. The molecule has 0 aliphatic carbocycles. The molecule has 2 aromatic heterocycles. The first-order valence-corrected chi connectivity index (χ1v) is 7.60. The zero-order valence-corrected chi connectivity index (χ0v) is 14.4. The van der Waals surface area contributed by atoms with Crippen LogP contribution in [0.4, 0.5) is 24.9 Å². The number of aryl methyl sites for hydroxylation is 1. The van der Waals surface area contributed by atoms with Crippen LogP contribution in [0.25, 0.3) is 0 Å². The molecule has 0 saturated carbocycles. The van der Waals surface area contributed by atoms with Gasteiger partial charge in [0.05, 0.1) is 18.3 Å². The highest BCUT2D eigenvalue weighted by Crippen LogP contribution is 2.30. The van der Waals surface area contributed by atoms with E-state index < -0.39 is 18.0 Å². The van der Waals surface area contributed by atoms with Crippen LogP contribution < -0.4 is 10.2 Å². The number of hydrogen-bond acceptors (Lipinski definition) is 6. The molecule has 2 aromatic rings. The Hall–Kier alpha value is -2.42. The largest absolute Gasteiger partial charge is 0.433 e. The second-order valence-corrected chi connectivity index (χ2v) is 5.83. The van der Waals surface area contributed by atoms with Crippen LogP contribution in [0.5, 0.6) is 0 Å². The maximum Gasteiger partial charge on any atom is 0.433 e. The van der Waals surface area contributed by atoms with Crippen LogP contribution in [0.1, 0.15) is 35.7 Å². The summed E-state index contributed by atoms with van der Waals surface area (Å²) in [7, 11) is 3.21. The van der Waals surface area contributed by atoms with Crippen molar-refractivity contribution < 1.29 is 18.3 Å². The molecule has 0 amide bonds. The van der Waals surface area contributed by atoms with E-state index in [-0.39, 0.29) is 18.3 Å². The lowest BCUT2D eigenvalue weighted by Gasteiger charge is -2.16. The van der Waals surface area contributed by atoms with E-state index in [0.717, 1.165) is 6.07 Å². The second-order valence-electron chi connectivity index (χ2n) is 5.83. The smallest absolute Gasteiger partial charge is 0.389 e. The van der Waals surface area contributed by atoms with Crippen LogP contribution in [-0.4, -0.2) is 34.2 Å². The summed E-state index contributed by atoms with van der Waals surface area (Å²) in [5.41, 5.74) is 0.957. The number of halogens is 3. The summed E-state index contributed by atoms with van der Waals surface area (Å²) in [5.74, 6) is 0.0241. The number of nitrogens with one attached hydrogen (secondary N) is 1. The van der Waals surface area contributed by atoms with Gasteiger partial charge in [-0.15, -0.1) is 0 Å². The third kappa shape index (κ3) is 4.79. The molecule has 2 N–H and O–H groups in total. The first-order valence-electron chi connectivity index (χ1n) is 7.60. The number of hydrogen-bond donors (Lipinski definition) is 2. The normalized spacial score (nSPS) is 12.8. The van der Waals surface area contributed by atoms with Gasteiger partial charge in [-0.3, -0.25) is 4.98 Å². The zero-order valence-electron chi connectivity index (χ0n) is 14.4. The number of pyridine rings is 1. The lowest BCUT2D eigenvalue weighted by molar-refractivity contribution is -0.141. The van der Waals surface area contributed by atoms with Crippen molar-refractivity contribution in [2.45, 2.75) is 32.7 Å². The van der Waals surface area contributed by atoms with Gasteiger partial charge >= 0.3 is 6.18 Å². The molecule has 1 unspecified atom stereocenters. The summed E-state index contributed by atoms with van der Waals surface area (Å²) in [5, 5.41) is 12.4. The van der Waals surface area contributed by atoms with Gasteiger partial charge in [0.2, 0.25) is 5.95 Å². The monoisotopic (exact) mass is 355 g/mol. The van der Waals surface area contributed by atoms with Gasteiger partial charge in [-0.05, 0) is 19.9 Å². The summed E-state index contributed by atoms with van der Waals surface area (Å²) in [6.07, 6.45) is -5.19. The number of rotatable bonds is 5. The fourth-order valence-corrected chi connectivity index (χ4v) is 2.22. The molecular weight excluding hydrogens is 335 g/mol. The molecule has 136 valence electrons. The van der Waals surface area contributed by atoms with Crippen molar-refractivity contribution in [1.82, 2.24) is 15.0 Å². The fraction of sp³-hybridized carbons (Fsp3) is 0.438. The zero-order chi connectivity index (χ0) is 18.8. The number of aliphatic hydroxyl groups excluding tert-OH is 1. The topological polar surface area (TPSA) is 74.2 Å². The fourth-order valence-electron chi connectivity index (χ4n) is 2.22. The van der Waals surface area contributed by atoms with Crippen LogP contribution in [0.2, 0.25) is 0 Å². The highest BCUT2D eigenvalue weighted by atomic mass is 19.4. The Morgan fingerprint density at radius 2 is 1.88 bits per heavy atom. The van der Waals surface area contributed by atoms with Crippen LogP contribution in [0.3, 0.4) is 0 Å². The number of anilines is 2. The van der Waals surface area contributed by atoms with Gasteiger partial charge in [0, 0.05) is 31.4 Å². The van der Waals surface area contributed by atoms with Crippen LogP contribution in [0.15, 0.2) is 18.2 Å². The average molecular weight is 355 g/mol. The summed E-state index contributed by atoms with van der Waals surface area (Å²) >= 11 is 0. The lowest BCUT2D eigenvalue weighted by atomic mass is 10.1. The van der Waals surface area contributed by atoms with Gasteiger partial charge in [0.25, 0.3) is 0 Å². The Balaban J connectivity index is 2.22. The number of aliphatic hydroxyl groups is 1. The average Bonchev–Trinajstić information content (AvgIpc) is 2.51. The molecule has 2 rings (SSSR count). The molecule has 25 heavy (non-hydrogen) atoms. The van der Waals surface area contributed by atoms with Crippen molar-refractivity contribution in [2.24, 2.45) is 0 Å². The Labute approximate surface area is 143 Å². The molecule has 0 aromatic carbocycles. The summed E-state index contributed by atoms with van der Waals surface area (Å²) < 4.78 is 38.9. The lowest BCUT2D eigenvalue weighted by Crippen LogP contribution is -2.17. The third-order valence-corrected chi connectivity index (χ3v) is 3.52. The molecular formula is C16H20F3N5O. The van der Waals surface area contributed by atoms with E-state index in [1.165, 1.54) is 4.90 Å². The van der Waals surface area contributed by atoms with Gasteiger partial charge in [-0.2, -0.15) is 18.2 Å². The Morgan fingerprint density at radius 3 is 2.40 bits per heavy atom. The highest BCUT2D eigenvalue weighted by Gasteiger charge is 2.34. The second kappa shape index (κ2) is 7.22. The molecule has 0 bridgehead atoms. The molecule has 0 aliphatic heterocycles. The first kappa shape index (κ1) is 18.9. The molecule has 6 nitrogen and oxygen atoms in total. The minimum absolute atomic E-state index is 0.127. The minimum Gasteiger partial charge on any atom is -0.389 e. The van der Waals surface area contributed by atoms with Crippen LogP contribution in [-0.2, 0) is 12.7 Å². The summed E-state index contributed by atoms with van der Waals surface area (Å²) in [6, 6.07) is 4.33. The maximum absolute atomic E-state index is 13.0. The van der Waals surface area contributed by atoms with Crippen molar-refractivity contribution in [3.8, 4) is 0 Å². The van der Waals surface area contributed by atoms with E-state index in [2.05, 4.69) is 20.3 Å². The van der Waals surface area contributed by atoms with Crippen molar-refractivity contribution in [3.05, 3.63) is 40.8 Å². The highest BCUT2D eigenvalue weighted by molar-refractivity contribution is 5.44. The maximum atomic E-state index is 13.0. The van der Waals surface area contributed by atoms with E-state index in [1.54, 1.807) is 40.1 Å². The van der Waals surface area contributed by atoms with Gasteiger partial charge < -0.3 is 15.3 Å². The predicted octanol–water partition coefficient (Wildman–Crippen LogP) is 2.93. The quantitative estimate of drug-likeness (QED) is 0.859. The van der Waals surface area contributed by atoms with Gasteiger partial charge in [0.15, 0.2) is 5.69 Å². The van der Waals surface area contributed by atoms with E-state index in [4.69, 9.17) is 0 Å². The van der Waals surface area contributed by atoms with Crippen molar-refractivity contribution in [1.29, 1.82) is 0 Å². The van der Waals surface area contributed by atoms with Crippen molar-refractivity contribution >= 4 is 11.8 Å². The molecule has 0 aliphatic rings. The Bertz CT molecular complexity index is 747. The molecule has 0 saturated heterocycles. The van der Waals surface area contributed by atoms with Crippen molar-refractivity contribution in [3.63, 3.8) is 0 Å². The van der Waals surface area contributed by atoms with Crippen LogP contribution >= 0.6 is 0 Å². The number of aromatic nitrogens is 3. The third-order valence-electron chi connectivity index (χ3n) is 3.52. The van der Waals surface area contributed by atoms with E-state index in [1.807, 2.05) is 0 Å². The van der Waals surface area contributed by atoms with Gasteiger partial charge in [-0.1, -0.05) is 6.07 Å². The SMILES string of the molecule is Cc1nc(CNc2nc(N(C)C)cc(C(F)(F)F)n2)ccc1C(C)O. The van der Waals surface area contributed by atoms with Gasteiger partial charge in [-0.25, -0.2) is 4.98 Å². The molecule has 9 heteroatoms. The molecule has 0 spiro atoms. The molecule has 2 heterocycles. The molecule has 1 atom stereocenters. The first-order chi connectivity index (χ1) is 11.6. The van der Waals surface area contributed by atoms with Gasteiger partial charge in [0.1, 0.15) is 5.82 Å². The van der Waals surface area contributed by atoms with E-state index in [0.29, 0.717) is 17.0 Å². The Morgan fingerprint density at radius 1 is 1.20 bits per heavy atom. The van der Waals surface area contributed by atoms with Crippen molar-refractivity contribution in [2.75, 3.05) is 24.3 Å². The van der Waals surface area contributed by atoms with E-state index >= 15 is 0 Å². The van der Waals surface area contributed by atoms with E-state index in [9.17, 15) is 18.3 Å². The number of alkyl halides is 3. The number of nitrogens with zero attached hydrogens (tertiary/aromatic N) is 4. The Kier molecular flexibility index (Phi) is 5.46. The molecule has 0 fully saturated rings. The minimum atomic E-state index is -4.56. The molecule has 0 radical (unpaired) electrons. The predicted molar refractivity (Wildman–Crippen MR) is 88.3 cm³/mol. The standard InChI is InChI=1S/C16H20F3N5O/c1-9-12(10(2)25)6-5-11(21-9)8-20-15-22-13(16(17,18)19)7-14(23-15)24(3)4/h5-7,10,25H,8H2,1-4H3,(H,20,22,23). The summed E-state index contributed by atoms with van der Waals surface area (Å²) in [4.78, 5) is 13.4. The van der Waals surface area contributed by atoms with Crippen LogP contribution in [0, 0.1) is 6.92 Å².